The number of furan rings is 1. The Kier molecular flexibility index (Phi) is 4.85. The second kappa shape index (κ2) is 10.8. The topological polar surface area (TPSA) is 75.6 Å². The summed E-state index contributed by atoms with van der Waals surface area (Å²) in [7, 11) is 0. The number of para-hydroxylation sites is 1. The number of aromatic nitrogens is 3. The number of rotatable bonds is 4. The lowest BCUT2D eigenvalue weighted by molar-refractivity contribution is 0.669. The van der Waals surface area contributed by atoms with Gasteiger partial charge in [-0.25, -0.2) is 15.0 Å². The van der Waals surface area contributed by atoms with Crippen molar-refractivity contribution in [2.75, 3.05) is 0 Å². The van der Waals surface area contributed by atoms with Gasteiger partial charge in [0.15, 0.2) is 17.5 Å². The van der Waals surface area contributed by atoms with Crippen LogP contribution >= 0.6 is 0 Å². The van der Waals surface area contributed by atoms with Crippen LogP contribution in [0.5, 0.6) is 0 Å². The van der Waals surface area contributed by atoms with Gasteiger partial charge in [-0.1, -0.05) is 127 Å². The lowest BCUT2D eigenvalue weighted by Gasteiger charge is -2.14. The Morgan fingerprint density at radius 2 is 1.13 bits per heavy atom. The summed E-state index contributed by atoms with van der Waals surface area (Å²) in [5.41, 5.74) is 4.06. The lowest BCUT2D eigenvalue weighted by atomic mass is 9.90. The fourth-order valence-corrected chi connectivity index (χ4v) is 6.27. The summed E-state index contributed by atoms with van der Waals surface area (Å²) < 4.78 is 58.0. The number of hydrogen-bond acceptors (Lipinski definition) is 5. The summed E-state index contributed by atoms with van der Waals surface area (Å²) in [5.74, 6) is 1.29. The summed E-state index contributed by atoms with van der Waals surface area (Å²) in [4.78, 5) is 15.0. The highest BCUT2D eigenvalue weighted by Gasteiger charge is 2.19. The minimum atomic E-state index is -0.509. The van der Waals surface area contributed by atoms with Crippen LogP contribution in [0, 0.1) is 11.3 Å². The van der Waals surface area contributed by atoms with Crippen molar-refractivity contribution in [2.24, 2.45) is 0 Å². The third-order valence-electron chi connectivity index (χ3n) is 8.35. The average Bonchev–Trinajstić information content (AvgIpc) is 3.58. The molecule has 0 amide bonds. The number of benzene rings is 7. The van der Waals surface area contributed by atoms with Crippen molar-refractivity contribution in [3.8, 4) is 51.4 Å². The van der Waals surface area contributed by atoms with Crippen molar-refractivity contribution in [1.29, 1.82) is 5.26 Å². The van der Waals surface area contributed by atoms with Gasteiger partial charge in [-0.05, 0) is 45.5 Å². The van der Waals surface area contributed by atoms with E-state index in [1.807, 2.05) is 103 Å². The fourth-order valence-electron chi connectivity index (χ4n) is 6.27. The first-order valence-electron chi connectivity index (χ1n) is 17.9. The zero-order valence-corrected chi connectivity index (χ0v) is 24.6. The van der Waals surface area contributed by atoms with E-state index >= 15 is 0 Å². The maximum Gasteiger partial charge on any atom is 0.164 e. The van der Waals surface area contributed by atoms with Crippen LogP contribution in [-0.4, -0.2) is 15.0 Å². The minimum absolute atomic E-state index is 0.0386. The molecule has 0 bridgehead atoms. The molecule has 0 spiro atoms. The molecule has 9 rings (SSSR count). The summed E-state index contributed by atoms with van der Waals surface area (Å²) in [6, 6.07) is 33.7. The molecule has 0 N–H and O–H groups in total. The molecular formula is C42H24N4O. The largest absolute Gasteiger partial charge is 0.456 e. The highest BCUT2D eigenvalue weighted by molar-refractivity contribution is 6.12. The molecule has 2 heterocycles. The average molecular weight is 607 g/mol. The summed E-state index contributed by atoms with van der Waals surface area (Å²) in [6.45, 7) is 0. The molecule has 0 radical (unpaired) electrons. The first kappa shape index (κ1) is 21.2. The van der Waals surface area contributed by atoms with Crippen LogP contribution < -0.4 is 0 Å². The molecule has 0 saturated carbocycles. The van der Waals surface area contributed by atoms with Crippen LogP contribution in [0.15, 0.2) is 150 Å². The van der Waals surface area contributed by atoms with Gasteiger partial charge in [0.25, 0.3) is 0 Å². The van der Waals surface area contributed by atoms with Gasteiger partial charge in [0, 0.05) is 32.8 Å². The zero-order chi connectivity index (χ0) is 36.5. The normalized spacial score (nSPS) is 13.2. The molecule has 9 aromatic rings. The van der Waals surface area contributed by atoms with Gasteiger partial charge in [0.2, 0.25) is 0 Å². The van der Waals surface area contributed by atoms with E-state index in [-0.39, 0.29) is 27.9 Å². The first-order chi connectivity index (χ1) is 25.8. The van der Waals surface area contributed by atoms with Crippen molar-refractivity contribution in [3.05, 3.63) is 151 Å². The Morgan fingerprint density at radius 1 is 0.511 bits per heavy atom. The Balaban J connectivity index is 1.34. The number of nitrogens with zero attached hydrogens (tertiary/aromatic N) is 4. The van der Waals surface area contributed by atoms with E-state index in [0.717, 1.165) is 27.5 Å². The van der Waals surface area contributed by atoms with E-state index in [2.05, 4.69) is 0 Å². The van der Waals surface area contributed by atoms with Crippen LogP contribution in [0.3, 0.4) is 0 Å². The second-order valence-electron chi connectivity index (χ2n) is 11.0. The Labute approximate surface area is 278 Å². The summed E-state index contributed by atoms with van der Waals surface area (Å²) in [6.07, 6.45) is 0. The number of hydrogen-bond donors (Lipinski definition) is 0. The SMILES string of the molecule is [2H]c1c([2H])c(C#N)c2c(-c3cccc4c(-c5nc(-c6ccccc6)nc(-c6cccc7oc8ccccc8c67)n5)cccc34)c([2H])c([2H])c([2H])c2c1[2H]. The Morgan fingerprint density at radius 3 is 1.96 bits per heavy atom. The smallest absolute Gasteiger partial charge is 0.164 e. The van der Waals surface area contributed by atoms with E-state index in [1.54, 1.807) is 12.1 Å². The quantitative estimate of drug-likeness (QED) is 0.199. The molecule has 0 aliphatic heterocycles. The number of nitriles is 1. The van der Waals surface area contributed by atoms with Gasteiger partial charge in [0.1, 0.15) is 11.2 Å². The van der Waals surface area contributed by atoms with Crippen LogP contribution in [-0.2, 0) is 0 Å². The summed E-state index contributed by atoms with van der Waals surface area (Å²) in [5, 5.41) is 13.3. The van der Waals surface area contributed by atoms with E-state index in [4.69, 9.17) is 27.6 Å². The van der Waals surface area contributed by atoms with Crippen molar-refractivity contribution < 1.29 is 12.6 Å². The van der Waals surface area contributed by atoms with Gasteiger partial charge >= 0.3 is 0 Å². The minimum Gasteiger partial charge on any atom is -0.456 e. The third-order valence-corrected chi connectivity index (χ3v) is 8.35. The Bertz CT molecular complexity index is 3040. The Hall–Kier alpha value is -6.64. The van der Waals surface area contributed by atoms with Crippen molar-refractivity contribution in [3.63, 3.8) is 0 Å². The second-order valence-corrected chi connectivity index (χ2v) is 11.0. The molecule has 2 aromatic heterocycles. The maximum absolute atomic E-state index is 10.2. The fraction of sp³-hybridized carbons (Fsp3) is 0. The van der Waals surface area contributed by atoms with Gasteiger partial charge in [-0.3, -0.25) is 0 Å². The van der Waals surface area contributed by atoms with E-state index < -0.39 is 30.2 Å². The van der Waals surface area contributed by atoms with E-state index in [9.17, 15) is 5.26 Å². The lowest BCUT2D eigenvalue weighted by Crippen LogP contribution is -2.01. The van der Waals surface area contributed by atoms with Gasteiger partial charge in [-0.2, -0.15) is 5.26 Å². The summed E-state index contributed by atoms with van der Waals surface area (Å²) >= 11 is 0. The predicted octanol–water partition coefficient (Wildman–Crippen LogP) is 10.6. The molecule has 47 heavy (non-hydrogen) atoms. The zero-order valence-electron chi connectivity index (χ0n) is 30.6. The molecule has 0 aliphatic rings. The van der Waals surface area contributed by atoms with E-state index in [1.165, 1.54) is 0 Å². The molecule has 0 aliphatic carbocycles. The van der Waals surface area contributed by atoms with Crippen LogP contribution in [0.25, 0.3) is 88.8 Å². The van der Waals surface area contributed by atoms with Crippen LogP contribution in [0.2, 0.25) is 0 Å². The molecule has 218 valence electrons. The molecule has 0 unspecified atom stereocenters. The number of fused-ring (bicyclic) bond motifs is 5. The molecule has 7 aromatic carbocycles. The van der Waals surface area contributed by atoms with Gasteiger partial charge < -0.3 is 4.42 Å². The van der Waals surface area contributed by atoms with E-state index in [0.29, 0.717) is 45.0 Å². The molecule has 0 fully saturated rings. The van der Waals surface area contributed by atoms with Gasteiger partial charge in [-0.15, -0.1) is 0 Å². The standard InChI is InChI=1S/C42H24N4O/c43-25-28-15-6-13-26-14-7-20-32(38(26)28)30-18-8-19-31-29(30)17-9-21-33(31)41-44-40(27-11-2-1-3-12-27)45-42(46-41)35-22-10-24-37-39(35)34-16-4-5-23-36(34)47-37/h1-24H/i6D,7D,13D,14D,15D,20D. The van der Waals surface area contributed by atoms with Crippen molar-refractivity contribution >= 4 is 43.5 Å². The van der Waals surface area contributed by atoms with Crippen LogP contribution in [0.1, 0.15) is 13.8 Å². The third kappa shape index (κ3) is 4.35. The molecule has 0 atom stereocenters. The molecule has 5 heteroatoms. The first-order valence-corrected chi connectivity index (χ1v) is 14.9. The van der Waals surface area contributed by atoms with Crippen LogP contribution in [0.4, 0.5) is 0 Å². The highest BCUT2D eigenvalue weighted by Crippen LogP contribution is 2.40. The molecule has 0 saturated heterocycles. The van der Waals surface area contributed by atoms with Gasteiger partial charge in [0.05, 0.1) is 19.9 Å². The molecular weight excluding hydrogens is 576 g/mol. The predicted molar refractivity (Wildman–Crippen MR) is 189 cm³/mol. The van der Waals surface area contributed by atoms with Crippen molar-refractivity contribution in [2.45, 2.75) is 0 Å². The highest BCUT2D eigenvalue weighted by atomic mass is 16.3. The monoisotopic (exact) mass is 606 g/mol. The molecule has 5 nitrogen and oxygen atoms in total. The maximum atomic E-state index is 10.2. The van der Waals surface area contributed by atoms with Crippen molar-refractivity contribution in [1.82, 2.24) is 15.0 Å².